The van der Waals surface area contributed by atoms with E-state index in [2.05, 4.69) is 215 Å². The molecule has 4 nitrogen and oxygen atoms in total. The Labute approximate surface area is 373 Å². The van der Waals surface area contributed by atoms with Crippen LogP contribution in [0, 0.1) is 0 Å². The number of para-hydroxylation sites is 4. The third-order valence-corrected chi connectivity index (χ3v) is 14.7. The summed E-state index contributed by atoms with van der Waals surface area (Å²) < 4.78 is 4.97. The van der Waals surface area contributed by atoms with E-state index in [0.717, 1.165) is 44.8 Å². The van der Waals surface area contributed by atoms with E-state index >= 15 is 0 Å². The van der Waals surface area contributed by atoms with E-state index in [1.165, 1.54) is 70.3 Å². The SMILES string of the molecule is c1ccc(-c2cc(-c3ccccc3)nc(-c3cccc(-n4c5ccccc5c5cc6c(cc54)C4(c5ccccc5S6)c5ccccc5-n5c6ccccc6c6cccc4c65)c3)n2)cc1. The number of aromatic nitrogens is 4. The molecular formula is C59H36N4S. The summed E-state index contributed by atoms with van der Waals surface area (Å²) in [4.78, 5) is 13.0. The Morgan fingerprint density at radius 3 is 1.70 bits per heavy atom. The lowest BCUT2D eigenvalue weighted by Gasteiger charge is -2.45. The van der Waals surface area contributed by atoms with Gasteiger partial charge in [0.05, 0.1) is 44.6 Å². The average Bonchev–Trinajstić information content (AvgIpc) is 3.88. The van der Waals surface area contributed by atoms with Crippen molar-refractivity contribution < 1.29 is 0 Å². The van der Waals surface area contributed by atoms with Gasteiger partial charge in [0, 0.05) is 53.7 Å². The molecule has 0 aliphatic carbocycles. The van der Waals surface area contributed by atoms with Crippen LogP contribution < -0.4 is 0 Å². The first kappa shape index (κ1) is 35.6. The molecular weight excluding hydrogens is 797 g/mol. The third-order valence-electron chi connectivity index (χ3n) is 13.6. The normalized spacial score (nSPS) is 14.9. The van der Waals surface area contributed by atoms with Crippen LogP contribution in [0.3, 0.4) is 0 Å². The van der Waals surface area contributed by atoms with Crippen molar-refractivity contribution in [3.8, 4) is 45.3 Å². The second-order valence-electron chi connectivity index (χ2n) is 16.9. The smallest absolute Gasteiger partial charge is 0.160 e. The summed E-state index contributed by atoms with van der Waals surface area (Å²) in [5, 5.41) is 5.00. The maximum Gasteiger partial charge on any atom is 0.160 e. The molecule has 5 heterocycles. The fraction of sp³-hybridized carbons (Fsp3) is 0.0169. The summed E-state index contributed by atoms with van der Waals surface area (Å²) in [6, 6.07) is 79.6. The number of hydrogen-bond acceptors (Lipinski definition) is 3. The molecule has 2 aliphatic heterocycles. The van der Waals surface area contributed by atoms with Crippen LogP contribution in [0.4, 0.5) is 0 Å². The number of hydrogen-bond donors (Lipinski definition) is 0. The molecule has 1 spiro atoms. The summed E-state index contributed by atoms with van der Waals surface area (Å²) >= 11 is 1.90. The topological polar surface area (TPSA) is 35.6 Å². The predicted octanol–water partition coefficient (Wildman–Crippen LogP) is 14.8. The Balaban J connectivity index is 1.05. The lowest BCUT2D eigenvalue weighted by molar-refractivity contribution is 0.690. The zero-order chi connectivity index (χ0) is 41.9. The second-order valence-corrected chi connectivity index (χ2v) is 18.0. The minimum Gasteiger partial charge on any atom is -0.309 e. The number of rotatable bonds is 4. The van der Waals surface area contributed by atoms with Gasteiger partial charge >= 0.3 is 0 Å². The Bertz CT molecular complexity index is 3830. The van der Waals surface area contributed by atoms with Gasteiger partial charge in [0.2, 0.25) is 0 Å². The van der Waals surface area contributed by atoms with Gasteiger partial charge in [-0.2, -0.15) is 0 Å². The maximum absolute atomic E-state index is 5.23. The molecule has 0 amide bonds. The van der Waals surface area contributed by atoms with E-state index in [4.69, 9.17) is 9.97 Å². The molecule has 298 valence electrons. The van der Waals surface area contributed by atoms with Crippen molar-refractivity contribution >= 4 is 55.4 Å². The van der Waals surface area contributed by atoms with E-state index < -0.39 is 5.41 Å². The second kappa shape index (κ2) is 13.5. The average molecular weight is 833 g/mol. The van der Waals surface area contributed by atoms with Gasteiger partial charge in [-0.3, -0.25) is 0 Å². The van der Waals surface area contributed by atoms with Crippen molar-refractivity contribution in [1.82, 2.24) is 19.1 Å². The first-order chi connectivity index (χ1) is 31.7. The van der Waals surface area contributed by atoms with Gasteiger partial charge in [-0.1, -0.05) is 176 Å². The summed E-state index contributed by atoms with van der Waals surface area (Å²) in [7, 11) is 0. The van der Waals surface area contributed by atoms with Crippen molar-refractivity contribution in [1.29, 1.82) is 0 Å². The highest BCUT2D eigenvalue weighted by Gasteiger charge is 2.49. The molecule has 1 atom stereocenters. The summed E-state index contributed by atoms with van der Waals surface area (Å²) in [6.07, 6.45) is 0. The lowest BCUT2D eigenvalue weighted by atomic mass is 9.62. The number of fused-ring (bicyclic) bond motifs is 14. The molecule has 64 heavy (non-hydrogen) atoms. The number of benzene rings is 9. The molecule has 2 aliphatic rings. The van der Waals surface area contributed by atoms with Crippen LogP contribution in [0.5, 0.6) is 0 Å². The summed E-state index contributed by atoms with van der Waals surface area (Å²) in [6.45, 7) is 0. The largest absolute Gasteiger partial charge is 0.309 e. The highest BCUT2D eigenvalue weighted by molar-refractivity contribution is 7.99. The Hall–Kier alpha value is -7.99. The van der Waals surface area contributed by atoms with Gasteiger partial charge in [0.25, 0.3) is 0 Å². The van der Waals surface area contributed by atoms with Gasteiger partial charge in [-0.05, 0) is 76.9 Å². The summed E-state index contributed by atoms with van der Waals surface area (Å²) in [5.41, 5.74) is 16.6. The third kappa shape index (κ3) is 4.90. The summed E-state index contributed by atoms with van der Waals surface area (Å²) in [5.74, 6) is 0.689. The molecule has 0 fully saturated rings. The van der Waals surface area contributed by atoms with E-state index in [0.29, 0.717) is 5.82 Å². The molecule has 0 saturated heterocycles. The molecule has 9 aromatic carbocycles. The fourth-order valence-electron chi connectivity index (χ4n) is 10.9. The van der Waals surface area contributed by atoms with E-state index in [1.807, 2.05) is 23.9 Å². The van der Waals surface area contributed by atoms with Crippen LogP contribution in [0.2, 0.25) is 0 Å². The molecule has 0 N–H and O–H groups in total. The highest BCUT2D eigenvalue weighted by atomic mass is 32.2. The van der Waals surface area contributed by atoms with Crippen LogP contribution in [0.1, 0.15) is 22.3 Å². The zero-order valence-corrected chi connectivity index (χ0v) is 35.3. The predicted molar refractivity (Wildman–Crippen MR) is 263 cm³/mol. The van der Waals surface area contributed by atoms with E-state index in [-0.39, 0.29) is 0 Å². The zero-order valence-electron chi connectivity index (χ0n) is 34.5. The first-order valence-electron chi connectivity index (χ1n) is 21.8. The Morgan fingerprint density at radius 2 is 0.938 bits per heavy atom. The van der Waals surface area contributed by atoms with Crippen LogP contribution in [-0.2, 0) is 5.41 Å². The van der Waals surface area contributed by atoms with Gasteiger partial charge < -0.3 is 9.13 Å². The monoisotopic (exact) mass is 832 g/mol. The minimum atomic E-state index is -0.589. The first-order valence-corrected chi connectivity index (χ1v) is 22.6. The molecule has 12 aromatic rings. The highest BCUT2D eigenvalue weighted by Crippen LogP contribution is 2.61. The lowest BCUT2D eigenvalue weighted by Crippen LogP contribution is -2.37. The molecule has 5 heteroatoms. The van der Waals surface area contributed by atoms with Crippen molar-refractivity contribution in [2.45, 2.75) is 15.2 Å². The quantitative estimate of drug-likeness (QED) is 0.177. The molecule has 0 radical (unpaired) electrons. The van der Waals surface area contributed by atoms with Gasteiger partial charge in [-0.15, -0.1) is 0 Å². The van der Waals surface area contributed by atoms with Crippen LogP contribution in [0.25, 0.3) is 88.9 Å². The van der Waals surface area contributed by atoms with Gasteiger partial charge in [0.1, 0.15) is 0 Å². The van der Waals surface area contributed by atoms with E-state index in [9.17, 15) is 0 Å². The van der Waals surface area contributed by atoms with Crippen LogP contribution in [0.15, 0.2) is 228 Å². The standard InChI is InChI=1S/C59H36N4S/c1-3-17-37(18-4-1)49-36-50(38-19-5-2-6-20-38)61-58(60-49)39-21-15-22-40(33-39)62-51-29-11-8-24-42(51)44-34-56-48(35-54(44)62)59(46-27-10-14-32-55(46)64-56)45-26-9-13-31-53(45)63-52-30-12-7-23-41(52)43-25-16-28-47(59)57(43)63/h1-36H. The van der Waals surface area contributed by atoms with Gasteiger partial charge in [0.15, 0.2) is 5.82 Å². The minimum absolute atomic E-state index is 0.589. The molecule has 1 unspecified atom stereocenters. The van der Waals surface area contributed by atoms with E-state index in [1.54, 1.807) is 0 Å². The van der Waals surface area contributed by atoms with Crippen LogP contribution in [-0.4, -0.2) is 19.1 Å². The van der Waals surface area contributed by atoms with Crippen molar-refractivity contribution in [2.24, 2.45) is 0 Å². The molecule has 0 saturated carbocycles. The molecule has 3 aromatic heterocycles. The van der Waals surface area contributed by atoms with Crippen LogP contribution >= 0.6 is 11.8 Å². The molecule has 0 bridgehead atoms. The van der Waals surface area contributed by atoms with Crippen molar-refractivity contribution in [2.75, 3.05) is 0 Å². The molecule has 14 rings (SSSR count). The van der Waals surface area contributed by atoms with Crippen molar-refractivity contribution in [3.63, 3.8) is 0 Å². The Morgan fingerprint density at radius 1 is 0.359 bits per heavy atom. The van der Waals surface area contributed by atoms with Gasteiger partial charge in [-0.25, -0.2) is 9.97 Å². The van der Waals surface area contributed by atoms with Crippen molar-refractivity contribution in [3.05, 3.63) is 241 Å². The Kier molecular flexibility index (Phi) is 7.51. The number of nitrogens with zero attached hydrogens (tertiary/aromatic N) is 4. The maximum atomic E-state index is 5.23. The fourth-order valence-corrected chi connectivity index (χ4v) is 12.1.